The first-order chi connectivity index (χ1) is 13.7. The molecule has 0 spiro atoms. The van der Waals surface area contributed by atoms with E-state index in [4.69, 9.17) is 9.15 Å². The third-order valence-corrected chi connectivity index (χ3v) is 5.25. The van der Waals surface area contributed by atoms with E-state index in [0.29, 0.717) is 18.2 Å². The Hall–Kier alpha value is -2.85. The maximum absolute atomic E-state index is 11.6. The zero-order chi connectivity index (χ0) is 19.3. The molecule has 1 N–H and O–H groups in total. The van der Waals surface area contributed by atoms with Gasteiger partial charge < -0.3 is 14.5 Å². The van der Waals surface area contributed by atoms with E-state index >= 15 is 0 Å². The second-order valence-electron chi connectivity index (χ2n) is 7.30. The Balaban J connectivity index is 1.30. The van der Waals surface area contributed by atoms with Crippen LogP contribution in [0.3, 0.4) is 0 Å². The summed E-state index contributed by atoms with van der Waals surface area (Å²) in [6.07, 6.45) is 5.36. The molecule has 0 aliphatic carbocycles. The highest BCUT2D eigenvalue weighted by Gasteiger charge is 2.15. The molecule has 1 atom stereocenters. The largest absolute Gasteiger partial charge is 0.493 e. The van der Waals surface area contributed by atoms with E-state index in [-0.39, 0.29) is 5.63 Å². The lowest BCUT2D eigenvalue weighted by Crippen LogP contribution is -2.33. The van der Waals surface area contributed by atoms with Crippen LogP contribution in [-0.4, -0.2) is 19.2 Å². The molecule has 1 unspecified atom stereocenters. The van der Waals surface area contributed by atoms with Crippen molar-refractivity contribution in [1.82, 2.24) is 5.32 Å². The molecule has 1 aliphatic heterocycles. The smallest absolute Gasteiger partial charge is 0.336 e. The second kappa shape index (κ2) is 8.44. The summed E-state index contributed by atoms with van der Waals surface area (Å²) in [5.74, 6) is 0.739. The molecule has 28 heavy (non-hydrogen) atoms. The van der Waals surface area contributed by atoms with Crippen molar-refractivity contribution < 1.29 is 9.15 Å². The number of hydrogen-bond acceptors (Lipinski definition) is 4. The van der Waals surface area contributed by atoms with Gasteiger partial charge in [-0.05, 0) is 55.0 Å². The number of ether oxygens (including phenoxy) is 1. The van der Waals surface area contributed by atoms with Gasteiger partial charge in [0.15, 0.2) is 0 Å². The number of fused-ring (bicyclic) bond motifs is 1. The van der Waals surface area contributed by atoms with Crippen LogP contribution in [0.1, 0.15) is 30.4 Å². The van der Waals surface area contributed by atoms with E-state index in [1.54, 1.807) is 6.07 Å². The maximum atomic E-state index is 11.6. The van der Waals surface area contributed by atoms with Gasteiger partial charge in [0.1, 0.15) is 11.3 Å². The molecule has 0 radical (unpaired) electrons. The van der Waals surface area contributed by atoms with Crippen LogP contribution in [0.25, 0.3) is 16.5 Å². The molecule has 2 aromatic carbocycles. The van der Waals surface area contributed by atoms with Crippen molar-refractivity contribution in [2.24, 2.45) is 0 Å². The van der Waals surface area contributed by atoms with Crippen LogP contribution in [0, 0.1) is 6.92 Å². The molecular weight excluding hydrogens is 350 g/mol. The van der Waals surface area contributed by atoms with Gasteiger partial charge in [0.25, 0.3) is 0 Å². The van der Waals surface area contributed by atoms with Gasteiger partial charge in [0, 0.05) is 30.1 Å². The van der Waals surface area contributed by atoms with Gasteiger partial charge in [-0.3, -0.25) is 0 Å². The highest BCUT2D eigenvalue weighted by Crippen LogP contribution is 2.25. The minimum atomic E-state index is -0.326. The van der Waals surface area contributed by atoms with E-state index in [9.17, 15) is 4.79 Å². The van der Waals surface area contributed by atoms with Crippen molar-refractivity contribution in [3.8, 4) is 5.75 Å². The van der Waals surface area contributed by atoms with Crippen LogP contribution in [0.5, 0.6) is 5.75 Å². The molecule has 0 amide bonds. The first-order valence-corrected chi connectivity index (χ1v) is 9.84. The monoisotopic (exact) mass is 375 g/mol. The standard InChI is InChI=1S/C24H25NO3/c1-17-14-24(26)28-23-16-21(9-10-22(17)23)27-13-5-8-20-15-19(11-12-25-20)18-6-3-2-4-7-18/h2-4,6-7,9-11,14,16,20,25H,5,8,12-13,15H2,1H3. The summed E-state index contributed by atoms with van der Waals surface area (Å²) in [6.45, 7) is 3.47. The van der Waals surface area contributed by atoms with Crippen molar-refractivity contribution in [2.75, 3.05) is 13.2 Å². The molecule has 2 heterocycles. The Morgan fingerprint density at radius 2 is 2.00 bits per heavy atom. The number of hydrogen-bond donors (Lipinski definition) is 1. The summed E-state index contributed by atoms with van der Waals surface area (Å²) in [4.78, 5) is 11.6. The second-order valence-corrected chi connectivity index (χ2v) is 7.30. The molecule has 3 aromatic rings. The quantitative estimate of drug-likeness (QED) is 0.501. The van der Waals surface area contributed by atoms with Gasteiger partial charge in [0.2, 0.25) is 0 Å². The molecule has 4 rings (SSSR count). The van der Waals surface area contributed by atoms with Crippen LogP contribution >= 0.6 is 0 Å². The topological polar surface area (TPSA) is 51.5 Å². The number of rotatable bonds is 6. The summed E-state index contributed by atoms with van der Waals surface area (Å²) in [6, 6.07) is 18.3. The fourth-order valence-corrected chi connectivity index (χ4v) is 3.78. The van der Waals surface area contributed by atoms with E-state index in [1.807, 2.05) is 19.1 Å². The summed E-state index contributed by atoms with van der Waals surface area (Å²) in [7, 11) is 0. The minimum absolute atomic E-state index is 0.326. The summed E-state index contributed by atoms with van der Waals surface area (Å²) < 4.78 is 11.2. The Labute approximate surface area is 164 Å². The molecular formula is C24H25NO3. The van der Waals surface area contributed by atoms with Crippen LogP contribution < -0.4 is 15.7 Å². The molecule has 0 fully saturated rings. The maximum Gasteiger partial charge on any atom is 0.336 e. The van der Waals surface area contributed by atoms with Gasteiger partial charge in [-0.15, -0.1) is 0 Å². The fourth-order valence-electron chi connectivity index (χ4n) is 3.78. The first-order valence-electron chi connectivity index (χ1n) is 9.84. The van der Waals surface area contributed by atoms with Crippen LogP contribution in [0.4, 0.5) is 0 Å². The van der Waals surface area contributed by atoms with Gasteiger partial charge in [-0.2, -0.15) is 0 Å². The lowest BCUT2D eigenvalue weighted by atomic mass is 9.93. The van der Waals surface area contributed by atoms with Crippen LogP contribution in [0.15, 0.2) is 69.9 Å². The van der Waals surface area contributed by atoms with Gasteiger partial charge >= 0.3 is 5.63 Å². The lowest BCUT2D eigenvalue weighted by Gasteiger charge is -2.24. The SMILES string of the molecule is Cc1cc(=O)oc2cc(OCCCC3CC(c4ccccc4)=CCN3)ccc12. The fraction of sp³-hybridized carbons (Fsp3) is 0.292. The number of nitrogens with one attached hydrogen (secondary N) is 1. The Morgan fingerprint density at radius 3 is 2.86 bits per heavy atom. The Morgan fingerprint density at radius 1 is 1.14 bits per heavy atom. The highest BCUT2D eigenvalue weighted by atomic mass is 16.5. The zero-order valence-corrected chi connectivity index (χ0v) is 16.1. The number of aryl methyl sites for hydroxylation is 1. The predicted molar refractivity (Wildman–Crippen MR) is 113 cm³/mol. The molecule has 1 aliphatic rings. The molecule has 4 heteroatoms. The third kappa shape index (κ3) is 4.34. The predicted octanol–water partition coefficient (Wildman–Crippen LogP) is 4.71. The average Bonchev–Trinajstić information content (AvgIpc) is 2.72. The van der Waals surface area contributed by atoms with E-state index in [2.05, 4.69) is 41.7 Å². The first kappa shape index (κ1) is 18.5. The normalized spacial score (nSPS) is 16.8. The average molecular weight is 375 g/mol. The van der Waals surface area contributed by atoms with Crippen molar-refractivity contribution in [2.45, 2.75) is 32.2 Å². The third-order valence-electron chi connectivity index (χ3n) is 5.25. The molecule has 1 aromatic heterocycles. The zero-order valence-electron chi connectivity index (χ0n) is 16.1. The lowest BCUT2D eigenvalue weighted by molar-refractivity contribution is 0.296. The van der Waals surface area contributed by atoms with Crippen LogP contribution in [0.2, 0.25) is 0 Å². The molecule has 0 saturated heterocycles. The minimum Gasteiger partial charge on any atom is -0.493 e. The van der Waals surface area contributed by atoms with Gasteiger partial charge in [-0.25, -0.2) is 4.79 Å². The van der Waals surface area contributed by atoms with Crippen molar-refractivity contribution in [1.29, 1.82) is 0 Å². The van der Waals surface area contributed by atoms with Crippen molar-refractivity contribution >= 4 is 16.5 Å². The Kier molecular flexibility index (Phi) is 5.58. The van der Waals surface area contributed by atoms with Crippen LogP contribution in [-0.2, 0) is 0 Å². The van der Waals surface area contributed by atoms with Crippen molar-refractivity contribution in [3.05, 3.63) is 82.2 Å². The molecule has 0 bridgehead atoms. The molecule has 144 valence electrons. The molecule has 4 nitrogen and oxygen atoms in total. The van der Waals surface area contributed by atoms with Gasteiger partial charge in [-0.1, -0.05) is 36.4 Å². The van der Waals surface area contributed by atoms with E-state index in [1.165, 1.54) is 17.2 Å². The molecule has 0 saturated carbocycles. The number of benzene rings is 2. The Bertz CT molecular complexity index is 1040. The van der Waals surface area contributed by atoms with E-state index < -0.39 is 0 Å². The van der Waals surface area contributed by atoms with Gasteiger partial charge in [0.05, 0.1) is 6.61 Å². The summed E-state index contributed by atoms with van der Waals surface area (Å²) >= 11 is 0. The summed E-state index contributed by atoms with van der Waals surface area (Å²) in [5.41, 5.74) is 3.91. The van der Waals surface area contributed by atoms with E-state index in [0.717, 1.165) is 42.5 Å². The highest BCUT2D eigenvalue weighted by molar-refractivity contribution is 5.81. The summed E-state index contributed by atoms with van der Waals surface area (Å²) in [5, 5.41) is 4.52. The van der Waals surface area contributed by atoms with Crippen molar-refractivity contribution in [3.63, 3.8) is 0 Å².